The lowest BCUT2D eigenvalue weighted by molar-refractivity contribution is -0.143. The van der Waals surface area contributed by atoms with E-state index < -0.39 is 17.6 Å². The van der Waals surface area contributed by atoms with Crippen molar-refractivity contribution in [3.63, 3.8) is 0 Å². The van der Waals surface area contributed by atoms with E-state index in [0.717, 1.165) is 11.1 Å². The molecule has 98 valence electrons. The number of aryl methyl sites for hydroxylation is 1. The number of ether oxygens (including phenoxy) is 1. The summed E-state index contributed by atoms with van der Waals surface area (Å²) < 4.78 is 4.94. The van der Waals surface area contributed by atoms with Crippen LogP contribution in [0.4, 0.5) is 4.79 Å². The Kier molecular flexibility index (Phi) is 4.31. The van der Waals surface area contributed by atoms with E-state index in [-0.39, 0.29) is 6.61 Å². The number of rotatable bonds is 4. The molecule has 0 aliphatic carbocycles. The van der Waals surface area contributed by atoms with Gasteiger partial charge in [-0.05, 0) is 26.3 Å². The highest BCUT2D eigenvalue weighted by atomic mass is 16.5. The van der Waals surface area contributed by atoms with Crippen molar-refractivity contribution in [1.82, 2.24) is 5.32 Å². The van der Waals surface area contributed by atoms with Crippen molar-refractivity contribution < 1.29 is 19.4 Å². The lowest BCUT2D eigenvalue weighted by Gasteiger charge is -2.20. The van der Waals surface area contributed by atoms with Crippen molar-refractivity contribution in [3.8, 4) is 0 Å². The quantitative estimate of drug-likeness (QED) is 0.859. The fraction of sp³-hybridized carbons (Fsp3) is 0.385. The molecule has 0 aliphatic rings. The van der Waals surface area contributed by atoms with Gasteiger partial charge in [0.1, 0.15) is 12.1 Å². The van der Waals surface area contributed by atoms with Gasteiger partial charge in [-0.1, -0.05) is 29.8 Å². The predicted octanol–water partition coefficient (Wildman–Crippen LogP) is 2.08. The molecule has 18 heavy (non-hydrogen) atoms. The molecule has 5 heteroatoms. The summed E-state index contributed by atoms with van der Waals surface area (Å²) in [6, 6.07) is 7.53. The monoisotopic (exact) mass is 251 g/mol. The van der Waals surface area contributed by atoms with Crippen molar-refractivity contribution in [1.29, 1.82) is 0 Å². The van der Waals surface area contributed by atoms with Crippen LogP contribution in [0.15, 0.2) is 24.3 Å². The molecule has 0 spiro atoms. The Bertz CT molecular complexity index is 437. The summed E-state index contributed by atoms with van der Waals surface area (Å²) in [5.74, 6) is -1.12. The Hall–Kier alpha value is -2.04. The molecule has 0 heterocycles. The molecular weight excluding hydrogens is 234 g/mol. The molecular formula is C13H17NO4. The van der Waals surface area contributed by atoms with E-state index in [9.17, 15) is 9.59 Å². The molecule has 0 radical (unpaired) electrons. The molecule has 1 aromatic rings. The number of alkyl carbamates (subject to hydrolysis) is 1. The number of hydrogen-bond donors (Lipinski definition) is 2. The molecule has 1 aromatic carbocycles. The van der Waals surface area contributed by atoms with Crippen molar-refractivity contribution in [3.05, 3.63) is 35.4 Å². The summed E-state index contributed by atoms with van der Waals surface area (Å²) >= 11 is 0. The molecule has 0 saturated carbocycles. The van der Waals surface area contributed by atoms with Gasteiger partial charge in [0.15, 0.2) is 0 Å². The van der Waals surface area contributed by atoms with Crippen LogP contribution in [0.25, 0.3) is 0 Å². The minimum Gasteiger partial charge on any atom is -0.480 e. The largest absolute Gasteiger partial charge is 0.480 e. The van der Waals surface area contributed by atoms with Gasteiger partial charge in [0, 0.05) is 0 Å². The highest BCUT2D eigenvalue weighted by molar-refractivity contribution is 5.83. The van der Waals surface area contributed by atoms with E-state index in [1.807, 2.05) is 31.2 Å². The average molecular weight is 251 g/mol. The van der Waals surface area contributed by atoms with Gasteiger partial charge < -0.3 is 15.2 Å². The van der Waals surface area contributed by atoms with Crippen LogP contribution in [0.2, 0.25) is 0 Å². The summed E-state index contributed by atoms with van der Waals surface area (Å²) in [4.78, 5) is 22.2. The second-order valence-electron chi connectivity index (χ2n) is 4.62. The normalized spacial score (nSPS) is 10.8. The number of hydrogen-bond acceptors (Lipinski definition) is 3. The van der Waals surface area contributed by atoms with Crippen LogP contribution in [0.5, 0.6) is 0 Å². The fourth-order valence-electron chi connectivity index (χ4n) is 1.18. The molecule has 0 saturated heterocycles. The van der Waals surface area contributed by atoms with Gasteiger partial charge in [-0.25, -0.2) is 9.59 Å². The molecule has 1 amide bonds. The van der Waals surface area contributed by atoms with Crippen LogP contribution in [0, 0.1) is 6.92 Å². The molecule has 0 aromatic heterocycles. The molecule has 0 bridgehead atoms. The summed E-state index contributed by atoms with van der Waals surface area (Å²) in [7, 11) is 0. The number of carbonyl (C=O) groups excluding carboxylic acids is 1. The van der Waals surface area contributed by atoms with Gasteiger partial charge in [-0.3, -0.25) is 0 Å². The molecule has 2 N–H and O–H groups in total. The molecule has 1 rings (SSSR count). The highest BCUT2D eigenvalue weighted by Crippen LogP contribution is 2.06. The minimum atomic E-state index is -1.34. The van der Waals surface area contributed by atoms with Gasteiger partial charge in [-0.15, -0.1) is 0 Å². The van der Waals surface area contributed by atoms with E-state index in [1.165, 1.54) is 13.8 Å². The predicted molar refractivity (Wildman–Crippen MR) is 66.2 cm³/mol. The SMILES string of the molecule is Cc1ccc(COC(=O)NC(C)(C)C(=O)O)cc1. The van der Waals surface area contributed by atoms with E-state index >= 15 is 0 Å². The van der Waals surface area contributed by atoms with Gasteiger partial charge in [0.2, 0.25) is 0 Å². The number of benzene rings is 1. The number of amides is 1. The topological polar surface area (TPSA) is 75.6 Å². The molecule has 0 atom stereocenters. The van der Waals surface area contributed by atoms with Crippen molar-refractivity contribution in [2.75, 3.05) is 0 Å². The molecule has 0 aliphatic heterocycles. The summed E-state index contributed by atoms with van der Waals surface area (Å²) in [5.41, 5.74) is 0.628. The van der Waals surface area contributed by atoms with Crippen LogP contribution in [-0.4, -0.2) is 22.7 Å². The van der Waals surface area contributed by atoms with Crippen LogP contribution in [0.1, 0.15) is 25.0 Å². The maximum Gasteiger partial charge on any atom is 0.408 e. The third-order valence-corrected chi connectivity index (χ3v) is 2.44. The van der Waals surface area contributed by atoms with E-state index in [1.54, 1.807) is 0 Å². The van der Waals surface area contributed by atoms with Crippen molar-refractivity contribution >= 4 is 12.1 Å². The lowest BCUT2D eigenvalue weighted by Crippen LogP contribution is -2.49. The first kappa shape index (κ1) is 14.0. The number of nitrogens with one attached hydrogen (secondary N) is 1. The minimum absolute atomic E-state index is 0.113. The number of carboxylic acid groups (broad SMARTS) is 1. The average Bonchev–Trinajstić information content (AvgIpc) is 2.27. The van der Waals surface area contributed by atoms with Crippen molar-refractivity contribution in [2.24, 2.45) is 0 Å². The summed E-state index contributed by atoms with van der Waals surface area (Å²) in [5, 5.41) is 11.1. The zero-order chi connectivity index (χ0) is 13.8. The Balaban J connectivity index is 2.47. The van der Waals surface area contributed by atoms with E-state index in [0.29, 0.717) is 0 Å². The molecule has 5 nitrogen and oxygen atoms in total. The summed E-state index contributed by atoms with van der Waals surface area (Å²) in [6.07, 6.45) is -0.747. The van der Waals surface area contributed by atoms with Gasteiger partial charge in [0.25, 0.3) is 0 Å². The Morgan fingerprint density at radius 3 is 2.33 bits per heavy atom. The first-order valence-corrected chi connectivity index (χ1v) is 5.55. The zero-order valence-electron chi connectivity index (χ0n) is 10.7. The van der Waals surface area contributed by atoms with Crippen LogP contribution < -0.4 is 5.32 Å². The summed E-state index contributed by atoms with van der Waals surface area (Å²) in [6.45, 7) is 4.86. The Labute approximate surface area is 106 Å². The van der Waals surface area contributed by atoms with Crippen LogP contribution in [-0.2, 0) is 16.1 Å². The molecule has 0 fully saturated rings. The second-order valence-corrected chi connectivity index (χ2v) is 4.62. The van der Waals surface area contributed by atoms with E-state index in [4.69, 9.17) is 9.84 Å². The van der Waals surface area contributed by atoms with Crippen molar-refractivity contribution in [2.45, 2.75) is 32.9 Å². The fourth-order valence-corrected chi connectivity index (χ4v) is 1.18. The Morgan fingerprint density at radius 2 is 1.83 bits per heavy atom. The highest BCUT2D eigenvalue weighted by Gasteiger charge is 2.29. The lowest BCUT2D eigenvalue weighted by atomic mass is 10.1. The third kappa shape index (κ3) is 4.08. The number of carboxylic acids is 1. The van der Waals surface area contributed by atoms with Gasteiger partial charge in [0.05, 0.1) is 0 Å². The van der Waals surface area contributed by atoms with Crippen LogP contribution >= 0.6 is 0 Å². The standard InChI is InChI=1S/C13H17NO4/c1-9-4-6-10(7-5-9)8-18-12(17)14-13(2,3)11(15)16/h4-7H,8H2,1-3H3,(H,14,17)(H,15,16). The maximum absolute atomic E-state index is 11.4. The first-order chi connectivity index (χ1) is 8.31. The number of carbonyl (C=O) groups is 2. The first-order valence-electron chi connectivity index (χ1n) is 5.55. The maximum atomic E-state index is 11.4. The second kappa shape index (κ2) is 5.53. The number of aliphatic carboxylic acids is 1. The Morgan fingerprint density at radius 1 is 1.28 bits per heavy atom. The molecule has 0 unspecified atom stereocenters. The third-order valence-electron chi connectivity index (χ3n) is 2.44. The zero-order valence-corrected chi connectivity index (χ0v) is 10.7. The van der Waals surface area contributed by atoms with Gasteiger partial charge >= 0.3 is 12.1 Å². The smallest absolute Gasteiger partial charge is 0.408 e. The van der Waals surface area contributed by atoms with Crippen LogP contribution in [0.3, 0.4) is 0 Å². The van der Waals surface area contributed by atoms with E-state index in [2.05, 4.69) is 5.32 Å². The van der Waals surface area contributed by atoms with Gasteiger partial charge in [-0.2, -0.15) is 0 Å².